The van der Waals surface area contributed by atoms with Crippen LogP contribution < -0.4 is 11.1 Å². The zero-order valence-corrected chi connectivity index (χ0v) is 13.0. The maximum atomic E-state index is 12.0. The van der Waals surface area contributed by atoms with Crippen molar-refractivity contribution in [3.05, 3.63) is 0 Å². The van der Waals surface area contributed by atoms with Crippen LogP contribution in [0, 0.1) is 5.41 Å². The summed E-state index contributed by atoms with van der Waals surface area (Å²) in [4.78, 5) is 12.0. The van der Waals surface area contributed by atoms with Gasteiger partial charge in [0.15, 0.2) is 0 Å². The van der Waals surface area contributed by atoms with Crippen molar-refractivity contribution in [1.29, 1.82) is 0 Å². The van der Waals surface area contributed by atoms with Crippen molar-refractivity contribution >= 4 is 17.7 Å². The third-order valence-corrected chi connectivity index (χ3v) is 5.42. The molecule has 0 spiro atoms. The monoisotopic (exact) mass is 272 g/mol. The molecule has 4 heteroatoms. The number of amides is 1. The molecule has 106 valence electrons. The fraction of sp³-hybridized carbons (Fsp3) is 0.929. The first kappa shape index (κ1) is 15.8. The molecule has 1 rings (SSSR count). The molecule has 1 saturated carbocycles. The molecule has 1 fully saturated rings. The fourth-order valence-corrected chi connectivity index (χ4v) is 3.31. The molecule has 0 aromatic rings. The van der Waals surface area contributed by atoms with Crippen molar-refractivity contribution in [2.24, 2.45) is 11.1 Å². The van der Waals surface area contributed by atoms with E-state index in [2.05, 4.69) is 11.6 Å². The van der Waals surface area contributed by atoms with Gasteiger partial charge in [0.2, 0.25) is 5.91 Å². The SMILES string of the molecule is CSC1(CNC(=O)[C@H](N)C(C)(C)C)CCCCC1. The standard InChI is InChI=1S/C14H28N2OS/c1-13(2,3)11(15)12(17)16-10-14(18-4)8-6-5-7-9-14/h11H,5-10,15H2,1-4H3,(H,16,17)/t11-/m0/s1. The summed E-state index contributed by atoms with van der Waals surface area (Å²) >= 11 is 1.90. The Hall–Kier alpha value is -0.220. The van der Waals surface area contributed by atoms with E-state index in [9.17, 15) is 4.79 Å². The Labute approximate surface area is 116 Å². The quantitative estimate of drug-likeness (QED) is 0.827. The highest BCUT2D eigenvalue weighted by Crippen LogP contribution is 2.38. The Morgan fingerprint density at radius 3 is 2.33 bits per heavy atom. The number of rotatable bonds is 4. The molecule has 1 atom stereocenters. The van der Waals surface area contributed by atoms with E-state index >= 15 is 0 Å². The second kappa shape index (κ2) is 6.29. The maximum absolute atomic E-state index is 12.0. The van der Waals surface area contributed by atoms with Gasteiger partial charge in [0.1, 0.15) is 0 Å². The van der Waals surface area contributed by atoms with Crippen molar-refractivity contribution in [2.45, 2.75) is 63.7 Å². The molecule has 1 aliphatic carbocycles. The average Bonchev–Trinajstić information content (AvgIpc) is 2.35. The molecule has 0 heterocycles. The third-order valence-electron chi connectivity index (χ3n) is 4.00. The third kappa shape index (κ3) is 4.16. The topological polar surface area (TPSA) is 55.1 Å². The molecule has 3 N–H and O–H groups in total. The predicted octanol–water partition coefficient (Wildman–Crippen LogP) is 2.54. The van der Waals surface area contributed by atoms with E-state index in [-0.39, 0.29) is 16.1 Å². The summed E-state index contributed by atoms with van der Waals surface area (Å²) in [6.07, 6.45) is 8.46. The fourth-order valence-electron chi connectivity index (χ4n) is 2.40. The minimum atomic E-state index is -0.431. The minimum Gasteiger partial charge on any atom is -0.353 e. The zero-order valence-electron chi connectivity index (χ0n) is 12.2. The molecule has 18 heavy (non-hydrogen) atoms. The first-order chi connectivity index (χ1) is 8.31. The second-order valence-corrected chi connectivity index (χ2v) is 7.78. The lowest BCUT2D eigenvalue weighted by Crippen LogP contribution is -2.52. The lowest BCUT2D eigenvalue weighted by molar-refractivity contribution is -0.124. The summed E-state index contributed by atoms with van der Waals surface area (Å²) in [5.41, 5.74) is 5.80. The average molecular weight is 272 g/mol. The molecule has 0 saturated heterocycles. The Kier molecular flexibility index (Phi) is 5.53. The molecule has 0 radical (unpaired) electrons. The number of nitrogens with two attached hydrogens (primary N) is 1. The van der Waals surface area contributed by atoms with E-state index in [1.807, 2.05) is 32.5 Å². The number of thioether (sulfide) groups is 1. The Morgan fingerprint density at radius 1 is 1.33 bits per heavy atom. The summed E-state index contributed by atoms with van der Waals surface area (Å²) in [5.74, 6) is -0.0125. The van der Waals surface area contributed by atoms with E-state index in [0.29, 0.717) is 0 Å². The van der Waals surface area contributed by atoms with Gasteiger partial charge >= 0.3 is 0 Å². The summed E-state index contributed by atoms with van der Waals surface area (Å²) < 4.78 is 0.242. The van der Waals surface area contributed by atoms with Crippen LogP contribution in [0.1, 0.15) is 52.9 Å². The molecule has 1 aliphatic rings. The van der Waals surface area contributed by atoms with Gasteiger partial charge in [0, 0.05) is 11.3 Å². The first-order valence-electron chi connectivity index (χ1n) is 6.89. The van der Waals surface area contributed by atoms with Crippen LogP contribution in [0.4, 0.5) is 0 Å². The molecule has 3 nitrogen and oxygen atoms in total. The van der Waals surface area contributed by atoms with E-state index < -0.39 is 6.04 Å². The van der Waals surface area contributed by atoms with Crippen LogP contribution in [0.15, 0.2) is 0 Å². The van der Waals surface area contributed by atoms with Crippen molar-refractivity contribution in [1.82, 2.24) is 5.32 Å². The largest absolute Gasteiger partial charge is 0.353 e. The summed E-state index contributed by atoms with van der Waals surface area (Å²) in [7, 11) is 0. The van der Waals surface area contributed by atoms with Gasteiger partial charge in [-0.05, 0) is 24.5 Å². The van der Waals surface area contributed by atoms with Crippen molar-refractivity contribution < 1.29 is 4.79 Å². The molecular weight excluding hydrogens is 244 g/mol. The number of carbonyl (C=O) groups excluding carboxylic acids is 1. The van der Waals surface area contributed by atoms with Gasteiger partial charge in [-0.25, -0.2) is 0 Å². The van der Waals surface area contributed by atoms with E-state index in [1.165, 1.54) is 32.1 Å². The first-order valence-corrected chi connectivity index (χ1v) is 8.12. The number of carbonyl (C=O) groups is 1. The van der Waals surface area contributed by atoms with Crippen LogP contribution in [0.5, 0.6) is 0 Å². The van der Waals surface area contributed by atoms with Gasteiger partial charge in [-0.2, -0.15) is 11.8 Å². The van der Waals surface area contributed by atoms with Gasteiger partial charge in [-0.1, -0.05) is 40.0 Å². The molecule has 0 aromatic heterocycles. The van der Waals surface area contributed by atoms with Gasteiger partial charge in [0.05, 0.1) is 6.04 Å². The smallest absolute Gasteiger partial charge is 0.237 e. The highest BCUT2D eigenvalue weighted by molar-refractivity contribution is 8.00. The lowest BCUT2D eigenvalue weighted by atomic mass is 9.86. The highest BCUT2D eigenvalue weighted by atomic mass is 32.2. The van der Waals surface area contributed by atoms with Gasteiger partial charge in [-0.3, -0.25) is 4.79 Å². The molecule has 0 aliphatic heterocycles. The van der Waals surface area contributed by atoms with Crippen LogP contribution in [-0.4, -0.2) is 29.5 Å². The molecule has 1 amide bonds. The predicted molar refractivity (Wildman–Crippen MR) is 79.8 cm³/mol. The normalized spacial score (nSPS) is 21.4. The van der Waals surface area contributed by atoms with E-state index in [0.717, 1.165) is 6.54 Å². The molecule has 0 bridgehead atoms. The van der Waals surface area contributed by atoms with Crippen LogP contribution in [-0.2, 0) is 4.79 Å². The summed E-state index contributed by atoms with van der Waals surface area (Å²) in [6.45, 7) is 6.77. The second-order valence-electron chi connectivity index (χ2n) is 6.51. The Morgan fingerprint density at radius 2 is 1.89 bits per heavy atom. The number of nitrogens with one attached hydrogen (secondary N) is 1. The Bertz CT molecular complexity index is 280. The van der Waals surface area contributed by atoms with E-state index in [1.54, 1.807) is 0 Å². The lowest BCUT2D eigenvalue weighted by Gasteiger charge is -2.36. The van der Waals surface area contributed by atoms with Crippen LogP contribution in [0.25, 0.3) is 0 Å². The Balaban J connectivity index is 2.50. The maximum Gasteiger partial charge on any atom is 0.237 e. The van der Waals surface area contributed by atoms with Crippen LogP contribution >= 0.6 is 11.8 Å². The zero-order chi connectivity index (χ0) is 13.8. The summed E-state index contributed by atoms with van der Waals surface area (Å²) in [5, 5.41) is 3.07. The van der Waals surface area contributed by atoms with Crippen LogP contribution in [0.3, 0.4) is 0 Å². The molecular formula is C14H28N2OS. The minimum absolute atomic E-state index is 0.0125. The highest BCUT2D eigenvalue weighted by Gasteiger charge is 2.33. The van der Waals surface area contributed by atoms with Crippen LogP contribution in [0.2, 0.25) is 0 Å². The molecule has 0 aromatic carbocycles. The summed E-state index contributed by atoms with van der Waals surface area (Å²) in [6, 6.07) is -0.431. The van der Waals surface area contributed by atoms with Crippen molar-refractivity contribution in [2.75, 3.05) is 12.8 Å². The van der Waals surface area contributed by atoms with Gasteiger partial charge in [0.25, 0.3) is 0 Å². The number of hydrogen-bond donors (Lipinski definition) is 2. The number of hydrogen-bond acceptors (Lipinski definition) is 3. The molecule has 0 unspecified atom stereocenters. The van der Waals surface area contributed by atoms with Gasteiger partial charge in [-0.15, -0.1) is 0 Å². The van der Waals surface area contributed by atoms with Crippen molar-refractivity contribution in [3.63, 3.8) is 0 Å². The van der Waals surface area contributed by atoms with Gasteiger partial charge < -0.3 is 11.1 Å². The van der Waals surface area contributed by atoms with E-state index in [4.69, 9.17) is 5.73 Å². The van der Waals surface area contributed by atoms with Crippen molar-refractivity contribution in [3.8, 4) is 0 Å².